The number of para-hydroxylation sites is 1. The topological polar surface area (TPSA) is 110 Å². The van der Waals surface area contributed by atoms with Gasteiger partial charge in [-0.05, 0) is 12.1 Å². The maximum absolute atomic E-state index is 12.8. The van der Waals surface area contributed by atoms with Crippen LogP contribution in [0.15, 0.2) is 42.7 Å². The molecule has 1 aromatic heterocycles. The molecule has 1 atom stereocenters. The van der Waals surface area contributed by atoms with E-state index < -0.39 is 12.0 Å². The Morgan fingerprint density at radius 1 is 1.28 bits per heavy atom. The summed E-state index contributed by atoms with van der Waals surface area (Å²) >= 11 is 0. The molecule has 8 heteroatoms. The Labute approximate surface area is 144 Å². The molecule has 2 aromatic rings. The third-order valence-electron chi connectivity index (χ3n) is 3.91. The molecular weight excluding hydrogens is 322 g/mol. The number of hydrogen-bond acceptors (Lipinski definition) is 5. The highest BCUT2D eigenvalue weighted by atomic mass is 16.4. The molecule has 1 unspecified atom stereocenters. The van der Waals surface area contributed by atoms with Crippen molar-refractivity contribution >= 4 is 17.7 Å². The second-order valence-electron chi connectivity index (χ2n) is 5.54. The number of carbonyl (C=O) groups is 2. The van der Waals surface area contributed by atoms with E-state index >= 15 is 0 Å². The van der Waals surface area contributed by atoms with E-state index in [-0.39, 0.29) is 25.5 Å². The minimum atomic E-state index is -0.961. The molecule has 3 rings (SSSR count). The average Bonchev–Trinajstić information content (AvgIpc) is 2.97. The summed E-state index contributed by atoms with van der Waals surface area (Å²) < 4.78 is 0. The highest BCUT2D eigenvalue weighted by Gasteiger charge is 2.40. The van der Waals surface area contributed by atoms with E-state index in [2.05, 4.69) is 9.97 Å². The van der Waals surface area contributed by atoms with Crippen LogP contribution in [0.4, 0.5) is 10.5 Å². The number of amides is 2. The van der Waals surface area contributed by atoms with E-state index in [1.165, 1.54) is 17.3 Å². The number of anilines is 1. The normalized spacial score (nSPS) is 16.8. The van der Waals surface area contributed by atoms with Crippen LogP contribution in [0.3, 0.4) is 0 Å². The first-order valence-electron chi connectivity index (χ1n) is 7.67. The molecule has 0 bridgehead atoms. The van der Waals surface area contributed by atoms with Crippen LogP contribution in [0.5, 0.6) is 0 Å². The van der Waals surface area contributed by atoms with Crippen LogP contribution < -0.4 is 4.90 Å². The summed E-state index contributed by atoms with van der Waals surface area (Å²) in [6.07, 6.45) is 2.70. The van der Waals surface area contributed by atoms with Crippen LogP contribution in [-0.2, 0) is 4.79 Å². The van der Waals surface area contributed by atoms with E-state index in [0.717, 1.165) is 0 Å². The molecule has 2 heterocycles. The van der Waals surface area contributed by atoms with Crippen molar-refractivity contribution in [3.8, 4) is 6.07 Å². The summed E-state index contributed by atoms with van der Waals surface area (Å²) in [6, 6.07) is 10.3. The molecule has 1 saturated heterocycles. The number of hydrogen-bond donors (Lipinski definition) is 1. The summed E-state index contributed by atoms with van der Waals surface area (Å²) in [5, 5.41) is 17.7. The lowest BCUT2D eigenvalue weighted by Gasteiger charge is -2.22. The summed E-state index contributed by atoms with van der Waals surface area (Å²) in [4.78, 5) is 35.0. The van der Waals surface area contributed by atoms with E-state index in [1.807, 2.05) is 24.3 Å². The van der Waals surface area contributed by atoms with Crippen LogP contribution in [0.1, 0.15) is 23.9 Å². The Morgan fingerprint density at radius 2 is 1.96 bits per heavy atom. The fourth-order valence-corrected chi connectivity index (χ4v) is 2.72. The zero-order valence-corrected chi connectivity index (χ0v) is 13.2. The zero-order valence-electron chi connectivity index (χ0n) is 13.2. The summed E-state index contributed by atoms with van der Waals surface area (Å²) in [5.74, 6) is -0.550. The van der Waals surface area contributed by atoms with Gasteiger partial charge in [-0.1, -0.05) is 18.2 Å². The van der Waals surface area contributed by atoms with Gasteiger partial charge in [-0.15, -0.1) is 0 Å². The molecule has 0 spiro atoms. The molecule has 1 aromatic carbocycles. The highest BCUT2D eigenvalue weighted by Crippen LogP contribution is 2.32. The Kier molecular flexibility index (Phi) is 4.57. The number of carboxylic acids is 1. The lowest BCUT2D eigenvalue weighted by Crippen LogP contribution is -2.33. The van der Waals surface area contributed by atoms with Crippen LogP contribution in [0.2, 0.25) is 0 Å². The molecule has 1 fully saturated rings. The van der Waals surface area contributed by atoms with Crippen molar-refractivity contribution in [2.45, 2.75) is 12.5 Å². The Balaban J connectivity index is 1.93. The smallest absolute Gasteiger partial charge is 0.325 e. The first kappa shape index (κ1) is 16.4. The lowest BCUT2D eigenvalue weighted by molar-refractivity contribution is -0.137. The number of benzene rings is 1. The first-order valence-corrected chi connectivity index (χ1v) is 7.67. The minimum absolute atomic E-state index is 0.115. The maximum Gasteiger partial charge on any atom is 0.325 e. The van der Waals surface area contributed by atoms with Crippen LogP contribution in [0.25, 0.3) is 0 Å². The summed E-state index contributed by atoms with van der Waals surface area (Å²) in [7, 11) is 0. The van der Waals surface area contributed by atoms with E-state index in [1.54, 1.807) is 17.0 Å². The molecule has 0 radical (unpaired) electrons. The SMILES string of the molecule is N#Cc1cnc(C2CN(CCC(=O)O)C(=O)N2c2ccccc2)nc1. The van der Waals surface area contributed by atoms with Gasteiger partial charge in [0, 0.05) is 24.6 Å². The third-order valence-corrected chi connectivity index (χ3v) is 3.91. The Hall–Kier alpha value is -3.47. The standard InChI is InChI=1S/C17H15N5O3/c18-8-12-9-19-16(20-10-12)14-11-21(7-6-15(23)24)17(25)22(14)13-4-2-1-3-5-13/h1-5,9-10,14H,6-7,11H2,(H,23,24). The Morgan fingerprint density at radius 3 is 2.56 bits per heavy atom. The molecule has 8 nitrogen and oxygen atoms in total. The van der Waals surface area contributed by atoms with Gasteiger partial charge >= 0.3 is 12.0 Å². The van der Waals surface area contributed by atoms with Crippen molar-refractivity contribution in [2.75, 3.05) is 18.0 Å². The van der Waals surface area contributed by atoms with Gasteiger partial charge in [0.15, 0.2) is 5.82 Å². The lowest BCUT2D eigenvalue weighted by atomic mass is 10.2. The maximum atomic E-state index is 12.8. The summed E-state index contributed by atoms with van der Waals surface area (Å²) in [6.45, 7) is 0.400. The van der Waals surface area contributed by atoms with E-state index in [9.17, 15) is 9.59 Å². The van der Waals surface area contributed by atoms with Crippen LogP contribution in [-0.4, -0.2) is 45.1 Å². The number of urea groups is 1. The van der Waals surface area contributed by atoms with Crippen molar-refractivity contribution in [3.63, 3.8) is 0 Å². The van der Waals surface area contributed by atoms with Crippen LogP contribution >= 0.6 is 0 Å². The van der Waals surface area contributed by atoms with Crippen molar-refractivity contribution in [2.24, 2.45) is 0 Å². The molecule has 0 aliphatic carbocycles. The molecule has 126 valence electrons. The van der Waals surface area contributed by atoms with Crippen molar-refractivity contribution in [1.82, 2.24) is 14.9 Å². The monoisotopic (exact) mass is 337 g/mol. The van der Waals surface area contributed by atoms with Crippen molar-refractivity contribution < 1.29 is 14.7 Å². The van der Waals surface area contributed by atoms with E-state index in [4.69, 9.17) is 10.4 Å². The number of carbonyl (C=O) groups excluding carboxylic acids is 1. The van der Waals surface area contributed by atoms with Gasteiger partial charge in [-0.3, -0.25) is 9.69 Å². The third kappa shape index (κ3) is 3.40. The largest absolute Gasteiger partial charge is 0.481 e. The van der Waals surface area contributed by atoms with Crippen molar-refractivity contribution in [3.05, 3.63) is 54.1 Å². The van der Waals surface area contributed by atoms with Gasteiger partial charge in [0.2, 0.25) is 0 Å². The predicted octanol–water partition coefficient (Wildman–Crippen LogP) is 1.81. The molecule has 1 aliphatic heterocycles. The number of aromatic nitrogens is 2. The summed E-state index contributed by atoms with van der Waals surface area (Å²) in [5.41, 5.74) is 1.02. The number of nitriles is 1. The molecule has 25 heavy (non-hydrogen) atoms. The first-order chi connectivity index (χ1) is 12.1. The van der Waals surface area contributed by atoms with Gasteiger partial charge in [-0.2, -0.15) is 5.26 Å². The molecule has 2 amide bonds. The number of rotatable bonds is 5. The van der Waals surface area contributed by atoms with Gasteiger partial charge in [0.05, 0.1) is 18.5 Å². The van der Waals surface area contributed by atoms with Gasteiger partial charge < -0.3 is 10.0 Å². The number of carboxylic acid groups (broad SMARTS) is 1. The average molecular weight is 337 g/mol. The molecule has 1 N–H and O–H groups in total. The van der Waals surface area contributed by atoms with Gasteiger partial charge in [0.1, 0.15) is 12.1 Å². The fourth-order valence-electron chi connectivity index (χ4n) is 2.72. The van der Waals surface area contributed by atoms with Crippen molar-refractivity contribution in [1.29, 1.82) is 5.26 Å². The number of nitrogens with zero attached hydrogens (tertiary/aromatic N) is 5. The quantitative estimate of drug-likeness (QED) is 0.891. The highest BCUT2D eigenvalue weighted by molar-refractivity contribution is 5.95. The molecule has 1 aliphatic rings. The molecular formula is C17H15N5O3. The fraction of sp³-hybridized carbons (Fsp3) is 0.235. The Bertz CT molecular complexity index is 816. The second-order valence-corrected chi connectivity index (χ2v) is 5.54. The number of aliphatic carboxylic acids is 1. The minimum Gasteiger partial charge on any atom is -0.481 e. The van der Waals surface area contributed by atoms with Crippen LogP contribution in [0, 0.1) is 11.3 Å². The second kappa shape index (κ2) is 6.97. The van der Waals surface area contributed by atoms with Gasteiger partial charge in [-0.25, -0.2) is 14.8 Å². The van der Waals surface area contributed by atoms with E-state index in [0.29, 0.717) is 17.1 Å². The predicted molar refractivity (Wildman–Crippen MR) is 87.6 cm³/mol. The zero-order chi connectivity index (χ0) is 17.8. The van der Waals surface area contributed by atoms with Gasteiger partial charge in [0.25, 0.3) is 0 Å². The molecule has 0 saturated carbocycles.